The molecule has 0 amide bonds. The zero-order chi connectivity index (χ0) is 12.8. The highest BCUT2D eigenvalue weighted by molar-refractivity contribution is 5.36. The summed E-state index contributed by atoms with van der Waals surface area (Å²) >= 11 is 0. The molecule has 0 bridgehead atoms. The highest BCUT2D eigenvalue weighted by atomic mass is 16.3. The van der Waals surface area contributed by atoms with E-state index in [-0.39, 0.29) is 11.5 Å². The van der Waals surface area contributed by atoms with E-state index in [1.165, 1.54) is 12.8 Å². The van der Waals surface area contributed by atoms with Gasteiger partial charge in [-0.1, -0.05) is 56.2 Å². The van der Waals surface area contributed by atoms with Crippen molar-refractivity contribution in [3.05, 3.63) is 35.9 Å². The van der Waals surface area contributed by atoms with Crippen LogP contribution in [0.1, 0.15) is 51.0 Å². The van der Waals surface area contributed by atoms with Gasteiger partial charge in [-0.25, -0.2) is 0 Å². The van der Waals surface area contributed by atoms with Crippen LogP contribution in [-0.4, -0.2) is 11.2 Å². The van der Waals surface area contributed by atoms with Crippen molar-refractivity contribution in [3.8, 4) is 11.8 Å². The largest absolute Gasteiger partial charge is 0.392 e. The predicted octanol–water partition coefficient (Wildman–Crippen LogP) is 3.76. The van der Waals surface area contributed by atoms with Crippen molar-refractivity contribution in [2.45, 2.75) is 51.6 Å². The fourth-order valence-corrected chi connectivity index (χ4v) is 2.82. The van der Waals surface area contributed by atoms with Gasteiger partial charge in [0.1, 0.15) is 0 Å². The molecule has 0 spiro atoms. The van der Waals surface area contributed by atoms with Crippen molar-refractivity contribution in [2.24, 2.45) is 5.41 Å². The molecule has 1 saturated carbocycles. The first-order valence-electron chi connectivity index (χ1n) is 7.03. The first-order chi connectivity index (χ1) is 8.77. The molecule has 1 unspecified atom stereocenters. The molecule has 1 nitrogen and oxygen atoms in total. The molecule has 0 saturated heterocycles. The van der Waals surface area contributed by atoms with E-state index in [2.05, 4.69) is 18.8 Å². The van der Waals surface area contributed by atoms with E-state index in [0.717, 1.165) is 31.2 Å². The lowest BCUT2D eigenvalue weighted by atomic mass is 9.79. The zero-order valence-electron chi connectivity index (χ0n) is 11.2. The fourth-order valence-electron chi connectivity index (χ4n) is 2.82. The van der Waals surface area contributed by atoms with Gasteiger partial charge < -0.3 is 5.11 Å². The first-order valence-corrected chi connectivity index (χ1v) is 7.03. The van der Waals surface area contributed by atoms with Gasteiger partial charge in [-0.15, -0.1) is 0 Å². The second-order valence-electron chi connectivity index (χ2n) is 5.28. The molecular weight excluding hydrogens is 220 g/mol. The molecular formula is C17H22O. The predicted molar refractivity (Wildman–Crippen MR) is 75.1 cm³/mol. The summed E-state index contributed by atoms with van der Waals surface area (Å²) in [6.45, 7) is 2.12. The minimum atomic E-state index is -0.263. The molecule has 96 valence electrons. The van der Waals surface area contributed by atoms with Crippen LogP contribution < -0.4 is 0 Å². The van der Waals surface area contributed by atoms with Gasteiger partial charge in [0.2, 0.25) is 0 Å². The van der Waals surface area contributed by atoms with Gasteiger partial charge in [0.15, 0.2) is 0 Å². The van der Waals surface area contributed by atoms with Gasteiger partial charge in [-0.2, -0.15) is 0 Å². The Balaban J connectivity index is 2.19. The van der Waals surface area contributed by atoms with Crippen LogP contribution in [0.15, 0.2) is 30.3 Å². The summed E-state index contributed by atoms with van der Waals surface area (Å²) in [5.41, 5.74) is 0.902. The standard InChI is InChI=1S/C17H22O/c1-2-8-16(18)17(12-6-7-13-17)14-11-15-9-4-3-5-10-15/h3-5,9-10,16,18H,2,6-8,12-13H2,1H3. The topological polar surface area (TPSA) is 20.2 Å². The number of aliphatic hydroxyl groups is 1. The smallest absolute Gasteiger partial charge is 0.0705 e. The molecule has 1 atom stereocenters. The summed E-state index contributed by atoms with van der Waals surface area (Å²) in [7, 11) is 0. The maximum atomic E-state index is 10.4. The highest BCUT2D eigenvalue weighted by Crippen LogP contribution is 2.42. The molecule has 0 radical (unpaired) electrons. The van der Waals surface area contributed by atoms with Gasteiger partial charge >= 0.3 is 0 Å². The van der Waals surface area contributed by atoms with E-state index in [4.69, 9.17) is 0 Å². The Morgan fingerprint density at radius 3 is 2.50 bits per heavy atom. The highest BCUT2D eigenvalue weighted by Gasteiger charge is 2.38. The minimum absolute atomic E-state index is 0.147. The van der Waals surface area contributed by atoms with Crippen molar-refractivity contribution >= 4 is 0 Å². The lowest BCUT2D eigenvalue weighted by molar-refractivity contribution is 0.0607. The SMILES string of the molecule is CCCC(O)C1(C#Cc2ccccc2)CCCC1. The Hall–Kier alpha value is -1.26. The van der Waals surface area contributed by atoms with Crippen LogP contribution >= 0.6 is 0 Å². The molecule has 0 aliphatic heterocycles. The molecule has 1 aromatic carbocycles. The van der Waals surface area contributed by atoms with Gasteiger partial charge in [-0.05, 0) is 31.4 Å². The van der Waals surface area contributed by atoms with E-state index in [1.54, 1.807) is 0 Å². The summed E-state index contributed by atoms with van der Waals surface area (Å²) in [6, 6.07) is 10.1. The van der Waals surface area contributed by atoms with Crippen molar-refractivity contribution in [2.75, 3.05) is 0 Å². The van der Waals surface area contributed by atoms with Crippen molar-refractivity contribution in [1.29, 1.82) is 0 Å². The number of rotatable bonds is 3. The molecule has 1 heteroatoms. The van der Waals surface area contributed by atoms with Crippen molar-refractivity contribution in [1.82, 2.24) is 0 Å². The molecule has 1 aliphatic rings. The summed E-state index contributed by atoms with van der Waals surface area (Å²) in [5, 5.41) is 10.4. The third-order valence-electron chi connectivity index (χ3n) is 3.93. The van der Waals surface area contributed by atoms with Crippen LogP contribution in [0.3, 0.4) is 0 Å². The number of benzene rings is 1. The Kier molecular flexibility index (Phi) is 4.44. The fraction of sp³-hybridized carbons (Fsp3) is 0.529. The lowest BCUT2D eigenvalue weighted by Gasteiger charge is -2.28. The summed E-state index contributed by atoms with van der Waals surface area (Å²) in [5.74, 6) is 6.65. The maximum absolute atomic E-state index is 10.4. The quantitative estimate of drug-likeness (QED) is 0.800. The summed E-state index contributed by atoms with van der Waals surface area (Å²) in [4.78, 5) is 0. The second kappa shape index (κ2) is 6.07. The first kappa shape index (κ1) is 13.2. The number of hydrogen-bond donors (Lipinski definition) is 1. The minimum Gasteiger partial charge on any atom is -0.392 e. The Labute approximate surface area is 110 Å². The second-order valence-corrected chi connectivity index (χ2v) is 5.28. The van der Waals surface area contributed by atoms with Crippen LogP contribution in [0.5, 0.6) is 0 Å². The Morgan fingerprint density at radius 2 is 1.89 bits per heavy atom. The average Bonchev–Trinajstić information content (AvgIpc) is 2.88. The maximum Gasteiger partial charge on any atom is 0.0705 e. The third-order valence-corrected chi connectivity index (χ3v) is 3.93. The van der Waals surface area contributed by atoms with Gasteiger partial charge in [0.25, 0.3) is 0 Å². The van der Waals surface area contributed by atoms with Crippen LogP contribution in [-0.2, 0) is 0 Å². The third kappa shape index (κ3) is 2.94. The summed E-state index contributed by atoms with van der Waals surface area (Å²) < 4.78 is 0. The lowest BCUT2D eigenvalue weighted by Crippen LogP contribution is -2.31. The molecule has 0 aromatic heterocycles. The van der Waals surface area contributed by atoms with Crippen LogP contribution in [0.4, 0.5) is 0 Å². The van der Waals surface area contributed by atoms with Crippen molar-refractivity contribution in [3.63, 3.8) is 0 Å². The molecule has 1 fully saturated rings. The molecule has 0 heterocycles. The Morgan fingerprint density at radius 1 is 1.22 bits per heavy atom. The van der Waals surface area contributed by atoms with Crippen LogP contribution in [0.25, 0.3) is 0 Å². The zero-order valence-corrected chi connectivity index (χ0v) is 11.2. The van der Waals surface area contributed by atoms with E-state index in [0.29, 0.717) is 0 Å². The van der Waals surface area contributed by atoms with E-state index in [9.17, 15) is 5.11 Å². The number of hydrogen-bond acceptors (Lipinski definition) is 1. The molecule has 2 rings (SSSR count). The van der Waals surface area contributed by atoms with E-state index in [1.807, 2.05) is 30.3 Å². The van der Waals surface area contributed by atoms with Crippen LogP contribution in [0, 0.1) is 17.3 Å². The average molecular weight is 242 g/mol. The van der Waals surface area contributed by atoms with Gasteiger partial charge in [0, 0.05) is 5.56 Å². The molecule has 18 heavy (non-hydrogen) atoms. The van der Waals surface area contributed by atoms with E-state index < -0.39 is 0 Å². The van der Waals surface area contributed by atoms with Crippen molar-refractivity contribution < 1.29 is 5.11 Å². The Bertz CT molecular complexity index is 418. The molecule has 1 aliphatic carbocycles. The summed E-state index contributed by atoms with van der Waals surface area (Å²) in [6.07, 6.45) is 6.12. The normalized spacial score (nSPS) is 19.0. The molecule has 1 N–H and O–H groups in total. The van der Waals surface area contributed by atoms with Crippen LogP contribution in [0.2, 0.25) is 0 Å². The van der Waals surface area contributed by atoms with Gasteiger partial charge in [0.05, 0.1) is 11.5 Å². The number of aliphatic hydroxyl groups excluding tert-OH is 1. The van der Waals surface area contributed by atoms with Gasteiger partial charge in [-0.3, -0.25) is 0 Å². The van der Waals surface area contributed by atoms with E-state index >= 15 is 0 Å². The molecule has 1 aromatic rings. The monoisotopic (exact) mass is 242 g/mol.